The fourth-order valence-electron chi connectivity index (χ4n) is 1.15. The molecule has 1 rings (SSSR count). The summed E-state index contributed by atoms with van der Waals surface area (Å²) in [6.45, 7) is 1.74. The molecule has 1 fully saturated rings. The summed E-state index contributed by atoms with van der Waals surface area (Å²) in [6.07, 6.45) is 1.72. The van der Waals surface area contributed by atoms with E-state index in [1.807, 2.05) is 4.31 Å². The number of piperidine rings is 1. The van der Waals surface area contributed by atoms with E-state index in [0.29, 0.717) is 0 Å². The molecule has 0 unspecified atom stereocenters. The molecule has 0 aromatic heterocycles. The summed E-state index contributed by atoms with van der Waals surface area (Å²) in [6, 6.07) is 0. The van der Waals surface area contributed by atoms with Gasteiger partial charge in [0.15, 0.2) is 0 Å². The second-order valence-corrected chi connectivity index (χ2v) is 3.20. The zero-order valence-electron chi connectivity index (χ0n) is 5.79. The Kier molecular flexibility index (Phi) is 2.56. The van der Waals surface area contributed by atoms with Crippen LogP contribution < -0.4 is 5.73 Å². The number of thiol groups is 1. The Balaban J connectivity index is 2.33. The lowest BCUT2D eigenvalue weighted by Gasteiger charge is -2.25. The van der Waals surface area contributed by atoms with Crippen molar-refractivity contribution in [3.8, 4) is 0 Å². The van der Waals surface area contributed by atoms with Crippen LogP contribution in [0.3, 0.4) is 0 Å². The SMILES string of the molecule is NC(=O)C1CCN(S)CC1. The van der Waals surface area contributed by atoms with Gasteiger partial charge in [-0.2, -0.15) is 0 Å². The maximum absolute atomic E-state index is 10.6. The van der Waals surface area contributed by atoms with Crippen molar-refractivity contribution in [1.82, 2.24) is 4.31 Å². The molecule has 1 aliphatic rings. The Morgan fingerprint density at radius 1 is 1.50 bits per heavy atom. The topological polar surface area (TPSA) is 46.3 Å². The van der Waals surface area contributed by atoms with Crippen LogP contribution in [0.15, 0.2) is 0 Å². The van der Waals surface area contributed by atoms with Gasteiger partial charge < -0.3 is 5.73 Å². The minimum Gasteiger partial charge on any atom is -0.369 e. The molecule has 0 saturated carbocycles. The molecule has 1 saturated heterocycles. The van der Waals surface area contributed by atoms with Crippen molar-refractivity contribution in [1.29, 1.82) is 0 Å². The van der Waals surface area contributed by atoms with E-state index in [1.54, 1.807) is 0 Å². The third kappa shape index (κ3) is 1.88. The molecule has 4 heteroatoms. The van der Waals surface area contributed by atoms with Gasteiger partial charge in [0.05, 0.1) is 0 Å². The van der Waals surface area contributed by atoms with Crippen LogP contribution in [0.1, 0.15) is 12.8 Å². The Bertz CT molecular complexity index is 132. The molecule has 0 aliphatic carbocycles. The van der Waals surface area contributed by atoms with Gasteiger partial charge in [0, 0.05) is 19.0 Å². The van der Waals surface area contributed by atoms with Crippen LogP contribution in [0.4, 0.5) is 0 Å². The van der Waals surface area contributed by atoms with E-state index < -0.39 is 0 Å². The van der Waals surface area contributed by atoms with Gasteiger partial charge in [0.25, 0.3) is 0 Å². The molecule has 0 aromatic carbocycles. The number of rotatable bonds is 1. The smallest absolute Gasteiger partial charge is 0.220 e. The number of primary amides is 1. The largest absolute Gasteiger partial charge is 0.369 e. The lowest BCUT2D eigenvalue weighted by atomic mass is 9.98. The van der Waals surface area contributed by atoms with Gasteiger partial charge in [-0.05, 0) is 12.8 Å². The highest BCUT2D eigenvalue weighted by Gasteiger charge is 2.20. The lowest BCUT2D eigenvalue weighted by molar-refractivity contribution is -0.122. The van der Waals surface area contributed by atoms with E-state index in [-0.39, 0.29) is 11.8 Å². The first-order valence-corrected chi connectivity index (χ1v) is 3.83. The number of carbonyl (C=O) groups excluding carboxylic acids is 1. The fourth-order valence-corrected chi connectivity index (χ4v) is 1.38. The van der Waals surface area contributed by atoms with Crippen molar-refractivity contribution < 1.29 is 4.79 Å². The number of nitrogens with two attached hydrogens (primary N) is 1. The Morgan fingerprint density at radius 2 is 2.00 bits per heavy atom. The van der Waals surface area contributed by atoms with E-state index in [4.69, 9.17) is 5.73 Å². The van der Waals surface area contributed by atoms with E-state index >= 15 is 0 Å². The number of hydrogen-bond donors (Lipinski definition) is 2. The third-order valence-electron chi connectivity index (χ3n) is 1.87. The van der Waals surface area contributed by atoms with Gasteiger partial charge in [-0.1, -0.05) is 12.8 Å². The molecule has 3 nitrogen and oxygen atoms in total. The number of amides is 1. The average molecular weight is 160 g/mol. The Labute approximate surface area is 66.1 Å². The van der Waals surface area contributed by atoms with Crippen molar-refractivity contribution in [2.75, 3.05) is 13.1 Å². The highest BCUT2D eigenvalue weighted by Crippen LogP contribution is 2.16. The monoisotopic (exact) mass is 160 g/mol. The molecule has 0 bridgehead atoms. The van der Waals surface area contributed by atoms with Crippen LogP contribution in [0.2, 0.25) is 0 Å². The highest BCUT2D eigenvalue weighted by molar-refractivity contribution is 7.77. The molecule has 0 spiro atoms. The number of hydrogen-bond acceptors (Lipinski definition) is 3. The molecule has 1 amide bonds. The number of nitrogens with zero attached hydrogens (tertiary/aromatic N) is 1. The van der Waals surface area contributed by atoms with Gasteiger partial charge in [0.1, 0.15) is 0 Å². The average Bonchev–Trinajstić information content (AvgIpc) is 1.88. The molecular formula is C6H12N2OS. The molecule has 1 heterocycles. The van der Waals surface area contributed by atoms with Gasteiger partial charge >= 0.3 is 0 Å². The first-order valence-electron chi connectivity index (χ1n) is 3.43. The van der Waals surface area contributed by atoms with Gasteiger partial charge in [-0.3, -0.25) is 9.10 Å². The zero-order valence-corrected chi connectivity index (χ0v) is 6.68. The van der Waals surface area contributed by atoms with Crippen LogP contribution in [-0.4, -0.2) is 23.3 Å². The zero-order chi connectivity index (χ0) is 7.56. The van der Waals surface area contributed by atoms with Gasteiger partial charge in [-0.25, -0.2) is 0 Å². The molecule has 2 N–H and O–H groups in total. The van der Waals surface area contributed by atoms with Crippen molar-refractivity contribution in [2.45, 2.75) is 12.8 Å². The summed E-state index contributed by atoms with van der Waals surface area (Å²) in [5.74, 6) is -0.0789. The maximum atomic E-state index is 10.6. The summed E-state index contributed by atoms with van der Waals surface area (Å²) in [7, 11) is 0. The van der Waals surface area contributed by atoms with Crippen LogP contribution >= 0.6 is 12.8 Å². The minimum absolute atomic E-state index is 0.0865. The summed E-state index contributed by atoms with van der Waals surface area (Å²) in [5.41, 5.74) is 5.13. The Hall–Kier alpha value is -0.220. The third-order valence-corrected chi connectivity index (χ3v) is 2.27. The Morgan fingerprint density at radius 3 is 2.40 bits per heavy atom. The van der Waals surface area contributed by atoms with Crippen molar-refractivity contribution in [2.24, 2.45) is 11.7 Å². The number of carbonyl (C=O) groups is 1. The molecule has 0 radical (unpaired) electrons. The first kappa shape index (κ1) is 7.88. The molecule has 0 atom stereocenters. The summed E-state index contributed by atoms with van der Waals surface area (Å²) in [5, 5.41) is 0. The van der Waals surface area contributed by atoms with Gasteiger partial charge in [0.2, 0.25) is 5.91 Å². The van der Waals surface area contributed by atoms with Crippen LogP contribution in [0.5, 0.6) is 0 Å². The minimum atomic E-state index is -0.165. The molecule has 1 aliphatic heterocycles. The van der Waals surface area contributed by atoms with Crippen molar-refractivity contribution in [3.05, 3.63) is 0 Å². The van der Waals surface area contributed by atoms with E-state index in [1.165, 1.54) is 0 Å². The lowest BCUT2D eigenvalue weighted by Crippen LogP contribution is -2.34. The maximum Gasteiger partial charge on any atom is 0.220 e. The highest BCUT2D eigenvalue weighted by atomic mass is 32.1. The van der Waals surface area contributed by atoms with Gasteiger partial charge in [-0.15, -0.1) is 0 Å². The summed E-state index contributed by atoms with van der Waals surface area (Å²) < 4.78 is 1.92. The summed E-state index contributed by atoms with van der Waals surface area (Å²) in [4.78, 5) is 10.6. The van der Waals surface area contributed by atoms with Crippen LogP contribution in [-0.2, 0) is 4.79 Å². The quantitative estimate of drug-likeness (QED) is 0.532. The molecular weight excluding hydrogens is 148 g/mol. The normalized spacial score (nSPS) is 22.9. The molecule has 10 heavy (non-hydrogen) atoms. The summed E-state index contributed by atoms with van der Waals surface area (Å²) >= 11 is 4.15. The first-order chi connectivity index (χ1) is 4.70. The second-order valence-electron chi connectivity index (χ2n) is 2.63. The second kappa shape index (κ2) is 3.25. The van der Waals surface area contributed by atoms with Crippen molar-refractivity contribution in [3.63, 3.8) is 0 Å². The predicted octanol–water partition coefficient (Wildman–Crippen LogP) is 0.0285. The van der Waals surface area contributed by atoms with E-state index in [9.17, 15) is 4.79 Å². The fraction of sp³-hybridized carbons (Fsp3) is 0.833. The predicted molar refractivity (Wildman–Crippen MR) is 42.5 cm³/mol. The van der Waals surface area contributed by atoms with Crippen LogP contribution in [0.25, 0.3) is 0 Å². The molecule has 0 aromatic rings. The van der Waals surface area contributed by atoms with E-state index in [2.05, 4.69) is 12.8 Å². The molecule has 58 valence electrons. The standard InChI is InChI=1S/C6H12N2OS/c7-6(9)5-1-3-8(10)4-2-5/h5,10H,1-4H2,(H2,7,9). The van der Waals surface area contributed by atoms with Crippen molar-refractivity contribution >= 4 is 18.7 Å². The van der Waals surface area contributed by atoms with E-state index in [0.717, 1.165) is 25.9 Å². The van der Waals surface area contributed by atoms with Crippen LogP contribution in [0, 0.1) is 5.92 Å².